The first-order chi connectivity index (χ1) is 7.92. The van der Waals surface area contributed by atoms with Gasteiger partial charge in [0.2, 0.25) is 11.8 Å². The third-order valence-corrected chi connectivity index (χ3v) is 3.52. The van der Waals surface area contributed by atoms with Gasteiger partial charge in [0.25, 0.3) is 0 Å². The number of aromatic nitrogens is 2. The molecule has 1 unspecified atom stereocenters. The molecule has 2 fully saturated rings. The van der Waals surface area contributed by atoms with E-state index in [2.05, 4.69) is 15.5 Å². The van der Waals surface area contributed by atoms with Crippen LogP contribution in [-0.4, -0.2) is 23.3 Å². The first-order valence-electron chi connectivity index (χ1n) is 6.45. The van der Waals surface area contributed by atoms with Gasteiger partial charge < -0.3 is 9.73 Å². The topological polar surface area (TPSA) is 51.0 Å². The molecule has 4 nitrogen and oxygen atoms in total. The summed E-state index contributed by atoms with van der Waals surface area (Å²) in [4.78, 5) is 0. The largest absolute Gasteiger partial charge is 0.425 e. The molecule has 16 heavy (non-hydrogen) atoms. The molecule has 1 saturated heterocycles. The Hall–Kier alpha value is -0.900. The van der Waals surface area contributed by atoms with Crippen LogP contribution in [0.3, 0.4) is 0 Å². The molecule has 1 aliphatic heterocycles. The summed E-state index contributed by atoms with van der Waals surface area (Å²) in [5.74, 6) is 2.97. The molecule has 1 N–H and O–H groups in total. The van der Waals surface area contributed by atoms with Gasteiger partial charge in [-0.15, -0.1) is 10.2 Å². The van der Waals surface area contributed by atoms with Gasteiger partial charge in [0, 0.05) is 12.3 Å². The average molecular weight is 221 g/mol. The van der Waals surface area contributed by atoms with E-state index >= 15 is 0 Å². The van der Waals surface area contributed by atoms with Crippen molar-refractivity contribution in [2.24, 2.45) is 5.92 Å². The van der Waals surface area contributed by atoms with E-state index in [0.29, 0.717) is 11.8 Å². The SMILES string of the molecule is C1CCC(Cc2nnc(C3CC3)o2)CNC1. The molecule has 0 spiro atoms. The van der Waals surface area contributed by atoms with Gasteiger partial charge in [-0.3, -0.25) is 0 Å². The van der Waals surface area contributed by atoms with Gasteiger partial charge in [-0.1, -0.05) is 6.42 Å². The van der Waals surface area contributed by atoms with E-state index in [1.807, 2.05) is 0 Å². The Morgan fingerprint density at radius 3 is 3.00 bits per heavy atom. The van der Waals surface area contributed by atoms with Crippen molar-refractivity contribution in [3.63, 3.8) is 0 Å². The Kier molecular flexibility index (Phi) is 2.91. The van der Waals surface area contributed by atoms with E-state index in [-0.39, 0.29) is 0 Å². The van der Waals surface area contributed by atoms with Crippen LogP contribution in [0.15, 0.2) is 4.42 Å². The Morgan fingerprint density at radius 1 is 1.19 bits per heavy atom. The van der Waals surface area contributed by atoms with E-state index < -0.39 is 0 Å². The summed E-state index contributed by atoms with van der Waals surface area (Å²) in [6.07, 6.45) is 7.31. The van der Waals surface area contributed by atoms with Gasteiger partial charge in [0.15, 0.2) is 0 Å². The Morgan fingerprint density at radius 2 is 2.12 bits per heavy atom. The molecule has 0 bridgehead atoms. The number of rotatable bonds is 3. The minimum absolute atomic E-state index is 0.577. The maximum Gasteiger partial charge on any atom is 0.219 e. The summed E-state index contributed by atoms with van der Waals surface area (Å²) in [6.45, 7) is 2.26. The van der Waals surface area contributed by atoms with Crippen LogP contribution < -0.4 is 5.32 Å². The highest BCUT2D eigenvalue weighted by atomic mass is 16.4. The van der Waals surface area contributed by atoms with Crippen LogP contribution in [0.4, 0.5) is 0 Å². The van der Waals surface area contributed by atoms with Crippen LogP contribution in [0.2, 0.25) is 0 Å². The minimum Gasteiger partial charge on any atom is -0.425 e. The second-order valence-corrected chi connectivity index (χ2v) is 5.08. The maximum atomic E-state index is 5.70. The molecule has 4 heteroatoms. The second kappa shape index (κ2) is 4.53. The monoisotopic (exact) mass is 221 g/mol. The highest BCUT2D eigenvalue weighted by Crippen LogP contribution is 2.39. The normalized spacial score (nSPS) is 26.6. The molecule has 1 aliphatic carbocycles. The Bertz CT molecular complexity index is 338. The lowest BCUT2D eigenvalue weighted by atomic mass is 10.00. The standard InChI is InChI=1S/C12H19N3O/c1-2-6-13-8-9(3-1)7-11-14-15-12(16-11)10-4-5-10/h9-10,13H,1-8H2. The van der Waals surface area contributed by atoms with Crippen LogP contribution in [0.1, 0.15) is 49.8 Å². The predicted molar refractivity (Wildman–Crippen MR) is 60.2 cm³/mol. The number of nitrogens with zero attached hydrogens (tertiary/aromatic N) is 2. The zero-order chi connectivity index (χ0) is 10.8. The molecule has 1 aromatic rings. The van der Waals surface area contributed by atoms with Crippen molar-refractivity contribution in [2.45, 2.75) is 44.4 Å². The lowest BCUT2D eigenvalue weighted by Crippen LogP contribution is -2.22. The van der Waals surface area contributed by atoms with Crippen LogP contribution in [0.5, 0.6) is 0 Å². The molecule has 0 amide bonds. The molecule has 3 rings (SSSR count). The molecule has 0 aromatic carbocycles. The lowest BCUT2D eigenvalue weighted by molar-refractivity contribution is 0.389. The Labute approximate surface area is 95.8 Å². The first kappa shape index (κ1) is 10.3. The fraction of sp³-hybridized carbons (Fsp3) is 0.833. The van der Waals surface area contributed by atoms with E-state index in [9.17, 15) is 0 Å². The van der Waals surface area contributed by atoms with Crippen LogP contribution >= 0.6 is 0 Å². The molecule has 2 heterocycles. The molecule has 1 saturated carbocycles. The summed E-state index contributed by atoms with van der Waals surface area (Å²) in [5, 5.41) is 11.8. The molecule has 0 radical (unpaired) electrons. The molecular weight excluding hydrogens is 202 g/mol. The van der Waals surface area contributed by atoms with Crippen molar-refractivity contribution >= 4 is 0 Å². The molecule has 2 aliphatic rings. The van der Waals surface area contributed by atoms with Gasteiger partial charge in [0.1, 0.15) is 0 Å². The third-order valence-electron chi connectivity index (χ3n) is 3.52. The van der Waals surface area contributed by atoms with E-state index in [0.717, 1.165) is 31.3 Å². The lowest BCUT2D eigenvalue weighted by Gasteiger charge is -2.10. The predicted octanol–water partition coefficient (Wildman–Crippen LogP) is 1.88. The minimum atomic E-state index is 0.577. The number of hydrogen-bond donors (Lipinski definition) is 1. The summed E-state index contributed by atoms with van der Waals surface area (Å²) >= 11 is 0. The quantitative estimate of drug-likeness (QED) is 0.846. The summed E-state index contributed by atoms with van der Waals surface area (Å²) in [5.41, 5.74) is 0. The van der Waals surface area contributed by atoms with E-state index in [1.54, 1.807) is 0 Å². The van der Waals surface area contributed by atoms with Gasteiger partial charge in [-0.25, -0.2) is 0 Å². The highest BCUT2D eigenvalue weighted by Gasteiger charge is 2.29. The zero-order valence-corrected chi connectivity index (χ0v) is 9.61. The third kappa shape index (κ3) is 2.43. The molecule has 88 valence electrons. The maximum absolute atomic E-state index is 5.70. The van der Waals surface area contributed by atoms with Crippen LogP contribution in [0, 0.1) is 5.92 Å². The fourth-order valence-electron chi connectivity index (χ4n) is 2.36. The molecule has 1 atom stereocenters. The molecule has 1 aromatic heterocycles. The van der Waals surface area contributed by atoms with Gasteiger partial charge >= 0.3 is 0 Å². The zero-order valence-electron chi connectivity index (χ0n) is 9.61. The van der Waals surface area contributed by atoms with Crippen molar-refractivity contribution in [1.29, 1.82) is 0 Å². The summed E-state index contributed by atoms with van der Waals surface area (Å²) in [6, 6.07) is 0. The Balaban J connectivity index is 1.58. The van der Waals surface area contributed by atoms with Crippen molar-refractivity contribution in [3.05, 3.63) is 11.8 Å². The smallest absolute Gasteiger partial charge is 0.219 e. The van der Waals surface area contributed by atoms with Gasteiger partial charge in [-0.2, -0.15) is 0 Å². The van der Waals surface area contributed by atoms with E-state index in [4.69, 9.17) is 4.42 Å². The van der Waals surface area contributed by atoms with E-state index in [1.165, 1.54) is 32.1 Å². The number of hydrogen-bond acceptors (Lipinski definition) is 4. The van der Waals surface area contributed by atoms with Crippen molar-refractivity contribution in [1.82, 2.24) is 15.5 Å². The first-order valence-corrected chi connectivity index (χ1v) is 6.45. The van der Waals surface area contributed by atoms with Gasteiger partial charge in [-0.05, 0) is 44.7 Å². The van der Waals surface area contributed by atoms with Crippen molar-refractivity contribution in [2.75, 3.05) is 13.1 Å². The highest BCUT2D eigenvalue weighted by molar-refractivity contribution is 5.00. The summed E-state index contributed by atoms with van der Waals surface area (Å²) in [7, 11) is 0. The molecular formula is C12H19N3O. The average Bonchev–Trinajstić information content (AvgIpc) is 3.07. The summed E-state index contributed by atoms with van der Waals surface area (Å²) < 4.78 is 5.70. The van der Waals surface area contributed by atoms with Crippen LogP contribution in [0.25, 0.3) is 0 Å². The van der Waals surface area contributed by atoms with Crippen LogP contribution in [-0.2, 0) is 6.42 Å². The van der Waals surface area contributed by atoms with Crippen molar-refractivity contribution < 1.29 is 4.42 Å². The van der Waals surface area contributed by atoms with Crippen molar-refractivity contribution in [3.8, 4) is 0 Å². The number of nitrogens with one attached hydrogen (secondary N) is 1. The fourth-order valence-corrected chi connectivity index (χ4v) is 2.36. The second-order valence-electron chi connectivity index (χ2n) is 5.08. The van der Waals surface area contributed by atoms with Gasteiger partial charge in [0.05, 0.1) is 0 Å².